The zero-order valence-corrected chi connectivity index (χ0v) is 13.6. The molecule has 1 aliphatic rings. The zero-order valence-electron chi connectivity index (χ0n) is 13.6. The van der Waals surface area contributed by atoms with Crippen LogP contribution in [0.5, 0.6) is 17.5 Å². The van der Waals surface area contributed by atoms with Crippen LogP contribution in [0.1, 0.15) is 16.8 Å². The van der Waals surface area contributed by atoms with Crippen LogP contribution in [0, 0.1) is 0 Å². The summed E-state index contributed by atoms with van der Waals surface area (Å²) < 4.78 is 15.9. The molecule has 2 aromatic rings. The summed E-state index contributed by atoms with van der Waals surface area (Å²) in [7, 11) is 3.13. The molecule has 1 fully saturated rings. The molecular weight excluding hydrogens is 310 g/mol. The van der Waals surface area contributed by atoms with Crippen LogP contribution in [0.3, 0.4) is 0 Å². The molecule has 7 heteroatoms. The molecule has 126 valence electrons. The Balaban J connectivity index is 1.58. The van der Waals surface area contributed by atoms with E-state index >= 15 is 0 Å². The summed E-state index contributed by atoms with van der Waals surface area (Å²) in [6, 6.07) is 10.5. The molecule has 1 atom stereocenters. The Morgan fingerprint density at radius 1 is 1.04 bits per heavy atom. The highest BCUT2D eigenvalue weighted by Gasteiger charge is 2.28. The largest absolute Gasteiger partial charge is 0.497 e. The van der Waals surface area contributed by atoms with Crippen LogP contribution in [0.25, 0.3) is 0 Å². The molecule has 1 aromatic heterocycles. The molecule has 0 radical (unpaired) electrons. The Labute approximate surface area is 140 Å². The topological polar surface area (TPSA) is 73.8 Å². The Kier molecular flexibility index (Phi) is 4.79. The summed E-state index contributed by atoms with van der Waals surface area (Å²) in [5.41, 5.74) is 0.640. The van der Waals surface area contributed by atoms with Gasteiger partial charge in [-0.3, -0.25) is 4.79 Å². The number of likely N-dealkylation sites (tertiary alicyclic amines) is 1. The van der Waals surface area contributed by atoms with Gasteiger partial charge in [-0.15, -0.1) is 10.2 Å². The normalized spacial score (nSPS) is 16.8. The van der Waals surface area contributed by atoms with Crippen LogP contribution < -0.4 is 14.2 Å². The van der Waals surface area contributed by atoms with E-state index in [1.807, 2.05) is 0 Å². The lowest BCUT2D eigenvalue weighted by Crippen LogP contribution is -2.31. The first-order valence-electron chi connectivity index (χ1n) is 7.67. The number of methoxy groups -OCH3 is 2. The third-order valence-corrected chi connectivity index (χ3v) is 3.88. The summed E-state index contributed by atoms with van der Waals surface area (Å²) in [5.74, 6) is 1.58. The van der Waals surface area contributed by atoms with E-state index in [1.54, 1.807) is 48.4 Å². The molecule has 24 heavy (non-hydrogen) atoms. The molecule has 1 aromatic carbocycles. The summed E-state index contributed by atoms with van der Waals surface area (Å²) in [5, 5.41) is 7.81. The van der Waals surface area contributed by atoms with Crippen molar-refractivity contribution < 1.29 is 19.0 Å². The first-order valence-corrected chi connectivity index (χ1v) is 7.67. The molecule has 1 amide bonds. The molecule has 0 N–H and O–H groups in total. The molecule has 1 aliphatic heterocycles. The lowest BCUT2D eigenvalue weighted by atomic mass is 10.2. The van der Waals surface area contributed by atoms with Gasteiger partial charge >= 0.3 is 0 Å². The zero-order chi connectivity index (χ0) is 16.9. The van der Waals surface area contributed by atoms with E-state index in [1.165, 1.54) is 7.11 Å². The highest BCUT2D eigenvalue weighted by atomic mass is 16.5. The van der Waals surface area contributed by atoms with Crippen molar-refractivity contribution in [3.05, 3.63) is 42.0 Å². The maximum Gasteiger partial charge on any atom is 0.253 e. The molecule has 0 spiro atoms. The Hall–Kier alpha value is -2.83. The molecule has 1 unspecified atom stereocenters. The van der Waals surface area contributed by atoms with Crippen molar-refractivity contribution in [1.29, 1.82) is 0 Å². The minimum Gasteiger partial charge on any atom is -0.497 e. The quantitative estimate of drug-likeness (QED) is 0.832. The lowest BCUT2D eigenvalue weighted by molar-refractivity contribution is 0.0771. The standard InChI is InChI=1S/C17H19N3O4/c1-22-13-5-3-12(4-6-13)17(21)20-10-9-14(11-20)24-16-8-7-15(23-2)18-19-16/h3-8,14H,9-11H2,1-2H3. The number of carbonyl (C=O) groups excluding carboxylic acids is 1. The van der Waals surface area contributed by atoms with E-state index < -0.39 is 0 Å². The molecule has 0 saturated carbocycles. The summed E-state index contributed by atoms with van der Waals surface area (Å²) in [6.07, 6.45) is 0.671. The second-order valence-corrected chi connectivity index (χ2v) is 5.42. The van der Waals surface area contributed by atoms with Crippen LogP contribution in [0.4, 0.5) is 0 Å². The minimum atomic E-state index is -0.0881. The number of carbonyl (C=O) groups is 1. The van der Waals surface area contributed by atoms with E-state index in [0.717, 1.165) is 12.2 Å². The van der Waals surface area contributed by atoms with Crippen LogP contribution in [0.2, 0.25) is 0 Å². The first kappa shape index (κ1) is 16.0. The fourth-order valence-corrected chi connectivity index (χ4v) is 2.58. The fourth-order valence-electron chi connectivity index (χ4n) is 2.58. The van der Waals surface area contributed by atoms with E-state index in [0.29, 0.717) is 30.4 Å². The summed E-state index contributed by atoms with van der Waals surface area (Å²) in [4.78, 5) is 14.3. The number of amides is 1. The first-order chi connectivity index (χ1) is 11.7. The van der Waals surface area contributed by atoms with E-state index in [4.69, 9.17) is 14.2 Å². The number of nitrogens with zero attached hydrogens (tertiary/aromatic N) is 3. The molecule has 1 saturated heterocycles. The van der Waals surface area contributed by atoms with Gasteiger partial charge in [-0.2, -0.15) is 0 Å². The number of ether oxygens (including phenoxy) is 3. The third-order valence-electron chi connectivity index (χ3n) is 3.88. The van der Waals surface area contributed by atoms with Gasteiger partial charge in [-0.25, -0.2) is 0 Å². The molecule has 7 nitrogen and oxygen atoms in total. The Morgan fingerprint density at radius 3 is 2.38 bits per heavy atom. The number of hydrogen-bond acceptors (Lipinski definition) is 6. The lowest BCUT2D eigenvalue weighted by Gasteiger charge is -2.17. The highest BCUT2D eigenvalue weighted by Crippen LogP contribution is 2.20. The summed E-state index contributed by atoms with van der Waals surface area (Å²) in [6.45, 7) is 1.18. The highest BCUT2D eigenvalue weighted by molar-refractivity contribution is 5.94. The van der Waals surface area contributed by atoms with Crippen molar-refractivity contribution in [1.82, 2.24) is 15.1 Å². The maximum absolute atomic E-state index is 12.5. The smallest absolute Gasteiger partial charge is 0.253 e. The van der Waals surface area contributed by atoms with Crippen molar-refractivity contribution in [2.24, 2.45) is 0 Å². The predicted molar refractivity (Wildman–Crippen MR) is 86.5 cm³/mol. The van der Waals surface area contributed by atoms with Gasteiger partial charge in [-0.1, -0.05) is 0 Å². The van der Waals surface area contributed by atoms with Crippen molar-refractivity contribution in [2.75, 3.05) is 27.3 Å². The van der Waals surface area contributed by atoms with Crippen molar-refractivity contribution in [3.63, 3.8) is 0 Å². The SMILES string of the molecule is COc1ccc(C(=O)N2CCC(Oc3ccc(OC)nn3)C2)cc1. The van der Waals surface area contributed by atoms with Gasteiger partial charge in [0.15, 0.2) is 0 Å². The molecule has 0 bridgehead atoms. The molecular formula is C17H19N3O4. The van der Waals surface area contributed by atoms with E-state index in [-0.39, 0.29) is 12.0 Å². The molecule has 3 rings (SSSR count). The second-order valence-electron chi connectivity index (χ2n) is 5.42. The third kappa shape index (κ3) is 3.56. The van der Waals surface area contributed by atoms with E-state index in [9.17, 15) is 4.79 Å². The Bertz CT molecular complexity index is 688. The molecule has 2 heterocycles. The van der Waals surface area contributed by atoms with Crippen LogP contribution in [0.15, 0.2) is 36.4 Å². The second kappa shape index (κ2) is 7.16. The predicted octanol–water partition coefficient (Wildman–Crippen LogP) is 1.79. The van der Waals surface area contributed by atoms with Gasteiger partial charge in [-0.05, 0) is 24.3 Å². The number of benzene rings is 1. The average molecular weight is 329 g/mol. The van der Waals surface area contributed by atoms with Crippen molar-refractivity contribution >= 4 is 5.91 Å². The van der Waals surface area contributed by atoms with Crippen LogP contribution >= 0.6 is 0 Å². The average Bonchev–Trinajstić information content (AvgIpc) is 3.10. The monoisotopic (exact) mass is 329 g/mol. The number of rotatable bonds is 5. The van der Waals surface area contributed by atoms with Gasteiger partial charge in [0.2, 0.25) is 11.8 Å². The van der Waals surface area contributed by atoms with Gasteiger partial charge in [0.05, 0.1) is 20.8 Å². The molecule has 0 aliphatic carbocycles. The maximum atomic E-state index is 12.5. The number of aromatic nitrogens is 2. The van der Waals surface area contributed by atoms with E-state index in [2.05, 4.69) is 10.2 Å². The number of hydrogen-bond donors (Lipinski definition) is 0. The van der Waals surface area contributed by atoms with Crippen molar-refractivity contribution in [3.8, 4) is 17.5 Å². The van der Waals surface area contributed by atoms with Gasteiger partial charge < -0.3 is 19.1 Å². The van der Waals surface area contributed by atoms with Gasteiger partial charge in [0.1, 0.15) is 11.9 Å². The fraction of sp³-hybridized carbons (Fsp3) is 0.353. The summed E-state index contributed by atoms with van der Waals surface area (Å²) >= 11 is 0. The van der Waals surface area contributed by atoms with Gasteiger partial charge in [0.25, 0.3) is 5.91 Å². The Morgan fingerprint density at radius 2 is 1.75 bits per heavy atom. The van der Waals surface area contributed by atoms with Crippen molar-refractivity contribution in [2.45, 2.75) is 12.5 Å². The van der Waals surface area contributed by atoms with Crippen LogP contribution in [-0.2, 0) is 0 Å². The minimum absolute atomic E-state index is 0.00966. The van der Waals surface area contributed by atoms with Crippen LogP contribution in [-0.4, -0.2) is 54.4 Å². The van der Waals surface area contributed by atoms with Gasteiger partial charge in [0, 0.05) is 30.7 Å².